The maximum Gasteiger partial charge on any atom is 0.261 e. The van der Waals surface area contributed by atoms with Crippen LogP contribution in [0.25, 0.3) is 5.57 Å². The monoisotopic (exact) mass is 369 g/mol. The highest BCUT2D eigenvalue weighted by molar-refractivity contribution is 6.21. The molecule has 0 unspecified atom stereocenters. The number of allylic oxidation sites excluding steroid dienone is 1. The van der Waals surface area contributed by atoms with Crippen molar-refractivity contribution in [1.29, 1.82) is 0 Å². The molecule has 0 aliphatic carbocycles. The molecule has 3 aromatic rings. The fourth-order valence-electron chi connectivity index (χ4n) is 3.16. The lowest BCUT2D eigenvalue weighted by molar-refractivity contribution is 0.0672. The number of fused-ring (bicyclic) bond motifs is 1. The van der Waals surface area contributed by atoms with Crippen molar-refractivity contribution in [1.82, 2.24) is 4.90 Å². The maximum absolute atomic E-state index is 12.4. The predicted molar refractivity (Wildman–Crippen MR) is 108 cm³/mol. The fraction of sp³-hybridized carbons (Fsp3) is 0.0833. The molecule has 0 atom stereocenters. The van der Waals surface area contributed by atoms with E-state index in [9.17, 15) is 9.59 Å². The third kappa shape index (κ3) is 3.45. The summed E-state index contributed by atoms with van der Waals surface area (Å²) in [5, 5.41) is 0. The minimum Gasteiger partial charge on any atom is -0.457 e. The first-order chi connectivity index (χ1) is 13.6. The van der Waals surface area contributed by atoms with E-state index in [4.69, 9.17) is 4.74 Å². The molecule has 28 heavy (non-hydrogen) atoms. The number of ether oxygens (including phenoxy) is 1. The zero-order valence-corrected chi connectivity index (χ0v) is 15.5. The van der Waals surface area contributed by atoms with E-state index in [1.807, 2.05) is 67.6 Å². The lowest BCUT2D eigenvalue weighted by atomic mass is 10.1. The zero-order chi connectivity index (χ0) is 19.5. The summed E-state index contributed by atoms with van der Waals surface area (Å²) in [6.07, 6.45) is 1.90. The summed E-state index contributed by atoms with van der Waals surface area (Å²) in [7, 11) is 0. The van der Waals surface area contributed by atoms with E-state index < -0.39 is 0 Å². The molecule has 0 fully saturated rings. The number of hydrogen-bond acceptors (Lipinski definition) is 3. The van der Waals surface area contributed by atoms with Crippen molar-refractivity contribution in [3.8, 4) is 11.5 Å². The van der Waals surface area contributed by atoms with Crippen LogP contribution in [0.4, 0.5) is 0 Å². The molecule has 1 heterocycles. The Balaban J connectivity index is 1.45. The number of hydrogen-bond donors (Lipinski definition) is 0. The van der Waals surface area contributed by atoms with E-state index in [2.05, 4.69) is 0 Å². The summed E-state index contributed by atoms with van der Waals surface area (Å²) < 4.78 is 5.80. The van der Waals surface area contributed by atoms with Gasteiger partial charge in [0.05, 0.1) is 11.1 Å². The Bertz CT molecular complexity index is 1020. The lowest BCUT2D eigenvalue weighted by Gasteiger charge is -2.12. The molecule has 0 saturated heterocycles. The summed E-state index contributed by atoms with van der Waals surface area (Å²) in [6, 6.07) is 24.3. The molecule has 138 valence electrons. The Morgan fingerprint density at radius 3 is 1.93 bits per heavy atom. The largest absolute Gasteiger partial charge is 0.457 e. The van der Waals surface area contributed by atoms with Crippen LogP contribution in [-0.4, -0.2) is 23.3 Å². The average Bonchev–Trinajstić information content (AvgIpc) is 2.98. The quantitative estimate of drug-likeness (QED) is 0.582. The van der Waals surface area contributed by atoms with E-state index in [1.54, 1.807) is 24.3 Å². The molecule has 4 heteroatoms. The second-order valence-electron chi connectivity index (χ2n) is 6.59. The molecule has 1 aliphatic heterocycles. The molecule has 0 radical (unpaired) electrons. The van der Waals surface area contributed by atoms with Gasteiger partial charge in [0.25, 0.3) is 11.8 Å². The normalized spacial score (nSPS) is 13.6. The van der Waals surface area contributed by atoms with Crippen LogP contribution < -0.4 is 4.74 Å². The fourth-order valence-corrected chi connectivity index (χ4v) is 3.16. The molecular weight excluding hydrogens is 350 g/mol. The van der Waals surface area contributed by atoms with Crippen LogP contribution in [0.1, 0.15) is 33.2 Å². The molecule has 0 spiro atoms. The molecule has 0 N–H and O–H groups in total. The first-order valence-electron chi connectivity index (χ1n) is 9.09. The molecule has 3 aromatic carbocycles. The number of carbonyl (C=O) groups excluding carboxylic acids is 2. The van der Waals surface area contributed by atoms with Crippen molar-refractivity contribution in [3.63, 3.8) is 0 Å². The topological polar surface area (TPSA) is 46.6 Å². The molecule has 0 saturated carbocycles. The average molecular weight is 369 g/mol. The minimum atomic E-state index is -0.240. The van der Waals surface area contributed by atoms with Crippen molar-refractivity contribution in [2.45, 2.75) is 6.92 Å². The second-order valence-corrected chi connectivity index (χ2v) is 6.59. The number of nitrogens with zero attached hydrogens (tertiary/aromatic N) is 1. The van der Waals surface area contributed by atoms with Gasteiger partial charge >= 0.3 is 0 Å². The number of imide groups is 1. The Labute approximate surface area is 163 Å². The van der Waals surface area contributed by atoms with E-state index in [-0.39, 0.29) is 18.4 Å². The van der Waals surface area contributed by atoms with Gasteiger partial charge < -0.3 is 4.74 Å². The molecule has 0 aromatic heterocycles. The predicted octanol–water partition coefficient (Wildman–Crippen LogP) is 5.18. The third-order valence-corrected chi connectivity index (χ3v) is 4.75. The zero-order valence-electron chi connectivity index (χ0n) is 15.5. The summed E-state index contributed by atoms with van der Waals surface area (Å²) in [4.78, 5) is 26.1. The smallest absolute Gasteiger partial charge is 0.261 e. The van der Waals surface area contributed by atoms with Gasteiger partial charge in [-0.25, -0.2) is 0 Å². The lowest BCUT2D eigenvalue weighted by Crippen LogP contribution is -2.29. The number of rotatable bonds is 5. The van der Waals surface area contributed by atoms with Gasteiger partial charge in [-0.2, -0.15) is 0 Å². The molecule has 2 amide bonds. The Kier molecular flexibility index (Phi) is 4.77. The van der Waals surface area contributed by atoms with Crippen LogP contribution in [0.15, 0.2) is 84.9 Å². The van der Waals surface area contributed by atoms with Gasteiger partial charge in [-0.15, -0.1) is 0 Å². The highest BCUT2D eigenvalue weighted by Crippen LogP contribution is 2.25. The van der Waals surface area contributed by atoms with E-state index >= 15 is 0 Å². The van der Waals surface area contributed by atoms with Crippen LogP contribution in [0, 0.1) is 0 Å². The first-order valence-corrected chi connectivity index (χ1v) is 9.09. The van der Waals surface area contributed by atoms with E-state index in [1.165, 1.54) is 4.90 Å². The number of benzene rings is 3. The molecule has 4 nitrogen and oxygen atoms in total. The molecule has 0 bridgehead atoms. The summed E-state index contributed by atoms with van der Waals surface area (Å²) in [5.74, 6) is 1.06. The van der Waals surface area contributed by atoms with E-state index in [0.717, 1.165) is 22.6 Å². The second kappa shape index (κ2) is 7.53. The maximum atomic E-state index is 12.4. The van der Waals surface area contributed by atoms with Gasteiger partial charge in [-0.05, 0) is 54.5 Å². The van der Waals surface area contributed by atoms with Crippen LogP contribution in [0.3, 0.4) is 0 Å². The van der Waals surface area contributed by atoms with Crippen molar-refractivity contribution >= 4 is 17.4 Å². The van der Waals surface area contributed by atoms with Crippen LogP contribution in [0.2, 0.25) is 0 Å². The van der Waals surface area contributed by atoms with Gasteiger partial charge in [0, 0.05) is 6.54 Å². The van der Waals surface area contributed by atoms with Gasteiger partial charge in [-0.3, -0.25) is 14.5 Å². The van der Waals surface area contributed by atoms with Crippen molar-refractivity contribution in [2.75, 3.05) is 6.54 Å². The molecule has 1 aliphatic rings. The third-order valence-electron chi connectivity index (χ3n) is 4.75. The van der Waals surface area contributed by atoms with Crippen LogP contribution >= 0.6 is 0 Å². The number of para-hydroxylation sites is 1. The van der Waals surface area contributed by atoms with Gasteiger partial charge in [-0.1, -0.05) is 48.5 Å². The Morgan fingerprint density at radius 1 is 0.786 bits per heavy atom. The van der Waals surface area contributed by atoms with Gasteiger partial charge in [0.2, 0.25) is 0 Å². The first kappa shape index (κ1) is 17.7. The van der Waals surface area contributed by atoms with E-state index in [0.29, 0.717) is 11.1 Å². The van der Waals surface area contributed by atoms with Crippen LogP contribution in [-0.2, 0) is 0 Å². The minimum absolute atomic E-state index is 0.240. The van der Waals surface area contributed by atoms with Gasteiger partial charge in [0.1, 0.15) is 11.5 Å². The highest BCUT2D eigenvalue weighted by atomic mass is 16.5. The SMILES string of the molecule is CC(=CCN1C(=O)c2ccccc2C1=O)c1ccc(Oc2ccccc2)cc1. The molecular formula is C24H19NO3. The number of amides is 2. The van der Waals surface area contributed by atoms with Crippen molar-refractivity contribution < 1.29 is 14.3 Å². The van der Waals surface area contributed by atoms with Crippen molar-refractivity contribution in [3.05, 3.63) is 102 Å². The van der Waals surface area contributed by atoms with Gasteiger partial charge in [0.15, 0.2) is 0 Å². The van der Waals surface area contributed by atoms with Crippen LogP contribution in [0.5, 0.6) is 11.5 Å². The standard InChI is InChI=1S/C24H19NO3/c1-17(15-16-25-23(26)21-9-5-6-10-22(21)24(25)27)18-11-13-20(14-12-18)28-19-7-3-2-4-8-19/h2-15H,16H2,1H3. The Morgan fingerprint density at radius 2 is 1.32 bits per heavy atom. The summed E-state index contributed by atoms with van der Waals surface area (Å²) >= 11 is 0. The number of carbonyl (C=O) groups is 2. The molecule has 4 rings (SSSR count). The summed E-state index contributed by atoms with van der Waals surface area (Å²) in [6.45, 7) is 2.21. The highest BCUT2D eigenvalue weighted by Gasteiger charge is 2.34. The summed E-state index contributed by atoms with van der Waals surface area (Å²) in [5.41, 5.74) is 2.95. The van der Waals surface area contributed by atoms with Crippen molar-refractivity contribution in [2.24, 2.45) is 0 Å². The Hall–Kier alpha value is -3.66.